The smallest absolute Gasteiger partial charge is 0.141 e. The van der Waals surface area contributed by atoms with Gasteiger partial charge in [-0.15, -0.1) is 12.4 Å². The topological polar surface area (TPSA) is 60.0 Å². The number of nitrogens with zero attached hydrogens (tertiary/aromatic N) is 4. The van der Waals surface area contributed by atoms with Crippen LogP contribution in [0.4, 0.5) is 0 Å². The Balaban J connectivity index is 0.00000200. The van der Waals surface area contributed by atoms with E-state index in [4.69, 9.17) is 5.73 Å². The number of hydrogen-bond donors (Lipinski definition) is 1. The number of likely N-dealkylation sites (tertiary alicyclic amines) is 1. The van der Waals surface area contributed by atoms with Crippen LogP contribution in [0.1, 0.15) is 45.4 Å². The van der Waals surface area contributed by atoms with E-state index in [0.717, 1.165) is 31.9 Å². The summed E-state index contributed by atoms with van der Waals surface area (Å²) in [5.41, 5.74) is 5.73. The molecule has 1 fully saturated rings. The molecule has 1 aromatic heterocycles. The normalized spacial score (nSPS) is 20.1. The van der Waals surface area contributed by atoms with Crippen molar-refractivity contribution >= 4 is 12.4 Å². The maximum atomic E-state index is 5.73. The Hall–Kier alpha value is -0.650. The first-order chi connectivity index (χ1) is 9.20. The molecule has 1 aliphatic rings. The molecule has 20 heavy (non-hydrogen) atoms. The van der Waals surface area contributed by atoms with E-state index in [2.05, 4.69) is 33.5 Å². The minimum atomic E-state index is 0. The highest BCUT2D eigenvalue weighted by atomic mass is 35.5. The van der Waals surface area contributed by atoms with Crippen LogP contribution in [0.25, 0.3) is 0 Å². The number of piperidine rings is 1. The zero-order valence-electron chi connectivity index (χ0n) is 12.7. The fraction of sp³-hybridized carbons (Fsp3) is 0.857. The first-order valence-corrected chi connectivity index (χ1v) is 7.51. The number of hydrogen-bond acceptors (Lipinski definition) is 4. The first-order valence-electron chi connectivity index (χ1n) is 7.51. The highest BCUT2D eigenvalue weighted by Crippen LogP contribution is 2.21. The Bertz CT molecular complexity index is 377. The van der Waals surface area contributed by atoms with Crippen molar-refractivity contribution in [2.24, 2.45) is 11.7 Å². The van der Waals surface area contributed by atoms with E-state index >= 15 is 0 Å². The Morgan fingerprint density at radius 2 is 2.20 bits per heavy atom. The molecular formula is C14H28ClN5. The average molecular weight is 302 g/mol. The maximum Gasteiger partial charge on any atom is 0.141 e. The molecule has 2 N–H and O–H groups in total. The Morgan fingerprint density at radius 1 is 1.40 bits per heavy atom. The molecule has 0 aromatic carbocycles. The second-order valence-electron chi connectivity index (χ2n) is 5.95. The van der Waals surface area contributed by atoms with Crippen molar-refractivity contribution in [3.05, 3.63) is 12.2 Å². The van der Waals surface area contributed by atoms with Crippen molar-refractivity contribution in [2.75, 3.05) is 13.1 Å². The fourth-order valence-electron chi connectivity index (χ4n) is 2.88. The van der Waals surface area contributed by atoms with Crippen LogP contribution < -0.4 is 5.73 Å². The molecule has 1 unspecified atom stereocenters. The molecule has 2 heterocycles. The van der Waals surface area contributed by atoms with Gasteiger partial charge in [-0.3, -0.25) is 4.90 Å². The average Bonchev–Trinajstić information content (AvgIpc) is 2.79. The molecule has 1 aliphatic heterocycles. The SMILES string of the molecule is CC(C)Cn1ncnc1CN1CCCCC1CCN.Cl. The van der Waals surface area contributed by atoms with Crippen LogP contribution in [0.3, 0.4) is 0 Å². The quantitative estimate of drug-likeness (QED) is 0.874. The summed E-state index contributed by atoms with van der Waals surface area (Å²) >= 11 is 0. The molecule has 0 radical (unpaired) electrons. The lowest BCUT2D eigenvalue weighted by Gasteiger charge is -2.35. The minimum Gasteiger partial charge on any atom is -0.330 e. The fourth-order valence-corrected chi connectivity index (χ4v) is 2.88. The van der Waals surface area contributed by atoms with Crippen LogP contribution in [-0.2, 0) is 13.1 Å². The van der Waals surface area contributed by atoms with Crippen LogP contribution in [0.5, 0.6) is 0 Å². The zero-order valence-corrected chi connectivity index (χ0v) is 13.5. The van der Waals surface area contributed by atoms with Gasteiger partial charge in [0.05, 0.1) is 6.54 Å². The van der Waals surface area contributed by atoms with E-state index in [1.165, 1.54) is 25.8 Å². The summed E-state index contributed by atoms with van der Waals surface area (Å²) < 4.78 is 2.05. The van der Waals surface area contributed by atoms with Crippen molar-refractivity contribution in [2.45, 2.75) is 58.7 Å². The second-order valence-corrected chi connectivity index (χ2v) is 5.95. The van der Waals surface area contributed by atoms with Gasteiger partial charge >= 0.3 is 0 Å². The summed E-state index contributed by atoms with van der Waals surface area (Å²) in [6, 6.07) is 0.628. The van der Waals surface area contributed by atoms with Gasteiger partial charge in [-0.05, 0) is 38.3 Å². The van der Waals surface area contributed by atoms with Gasteiger partial charge in [-0.2, -0.15) is 5.10 Å². The van der Waals surface area contributed by atoms with E-state index < -0.39 is 0 Å². The summed E-state index contributed by atoms with van der Waals surface area (Å²) in [7, 11) is 0. The van der Waals surface area contributed by atoms with Crippen LogP contribution in [0, 0.1) is 5.92 Å². The van der Waals surface area contributed by atoms with Crippen LogP contribution >= 0.6 is 12.4 Å². The predicted octanol–water partition coefficient (Wildman–Crippen LogP) is 2.06. The molecule has 2 rings (SSSR count). The van der Waals surface area contributed by atoms with E-state index in [-0.39, 0.29) is 12.4 Å². The van der Waals surface area contributed by atoms with Crippen molar-refractivity contribution in [3.63, 3.8) is 0 Å². The van der Waals surface area contributed by atoms with Gasteiger partial charge in [0.2, 0.25) is 0 Å². The van der Waals surface area contributed by atoms with Gasteiger partial charge in [0.15, 0.2) is 0 Å². The Morgan fingerprint density at radius 3 is 2.90 bits per heavy atom. The van der Waals surface area contributed by atoms with Gasteiger partial charge in [-0.1, -0.05) is 20.3 Å². The molecule has 1 atom stereocenters. The van der Waals surface area contributed by atoms with Crippen molar-refractivity contribution in [1.82, 2.24) is 19.7 Å². The third kappa shape index (κ3) is 4.72. The number of nitrogens with two attached hydrogens (primary N) is 1. The highest BCUT2D eigenvalue weighted by molar-refractivity contribution is 5.85. The first kappa shape index (κ1) is 17.4. The van der Waals surface area contributed by atoms with Crippen molar-refractivity contribution in [1.29, 1.82) is 0 Å². The molecule has 0 saturated carbocycles. The van der Waals surface area contributed by atoms with Crippen molar-refractivity contribution < 1.29 is 0 Å². The number of halogens is 1. The van der Waals surface area contributed by atoms with E-state index in [0.29, 0.717) is 12.0 Å². The van der Waals surface area contributed by atoms with Crippen LogP contribution in [-0.4, -0.2) is 38.8 Å². The zero-order chi connectivity index (χ0) is 13.7. The minimum absolute atomic E-state index is 0. The molecule has 5 nitrogen and oxygen atoms in total. The molecule has 6 heteroatoms. The highest BCUT2D eigenvalue weighted by Gasteiger charge is 2.23. The van der Waals surface area contributed by atoms with Crippen LogP contribution in [0.15, 0.2) is 6.33 Å². The molecule has 1 aromatic rings. The third-order valence-electron chi connectivity index (χ3n) is 3.83. The van der Waals surface area contributed by atoms with Gasteiger partial charge < -0.3 is 5.73 Å². The summed E-state index contributed by atoms with van der Waals surface area (Å²) in [4.78, 5) is 6.98. The van der Waals surface area contributed by atoms with E-state index in [9.17, 15) is 0 Å². The van der Waals surface area contributed by atoms with E-state index in [1.807, 2.05) is 0 Å². The lowest BCUT2D eigenvalue weighted by molar-refractivity contribution is 0.128. The number of rotatable bonds is 6. The standard InChI is InChI=1S/C14H27N5.ClH/c1-12(2)9-19-14(16-11-17-19)10-18-8-4-3-5-13(18)6-7-15;/h11-13H,3-10,15H2,1-2H3;1H. The second kappa shape index (κ2) is 8.60. The molecule has 116 valence electrons. The monoisotopic (exact) mass is 301 g/mol. The summed E-state index contributed by atoms with van der Waals surface area (Å²) in [6.07, 6.45) is 6.67. The van der Waals surface area contributed by atoms with Gasteiger partial charge in [0.1, 0.15) is 12.2 Å². The third-order valence-corrected chi connectivity index (χ3v) is 3.83. The Kier molecular flexibility index (Phi) is 7.48. The predicted molar refractivity (Wildman–Crippen MR) is 83.8 cm³/mol. The molecule has 1 saturated heterocycles. The van der Waals surface area contributed by atoms with Crippen LogP contribution in [0.2, 0.25) is 0 Å². The van der Waals surface area contributed by atoms with Gasteiger partial charge in [0, 0.05) is 12.6 Å². The lowest BCUT2D eigenvalue weighted by Crippen LogP contribution is -2.40. The van der Waals surface area contributed by atoms with Gasteiger partial charge in [0.25, 0.3) is 0 Å². The molecule has 0 spiro atoms. The summed E-state index contributed by atoms with van der Waals surface area (Å²) in [5, 5.41) is 4.35. The molecule has 0 aliphatic carbocycles. The van der Waals surface area contributed by atoms with Crippen molar-refractivity contribution in [3.8, 4) is 0 Å². The molecule has 0 bridgehead atoms. The largest absolute Gasteiger partial charge is 0.330 e. The summed E-state index contributed by atoms with van der Waals surface area (Å²) in [6.45, 7) is 8.23. The molecule has 0 amide bonds. The van der Waals surface area contributed by atoms with Gasteiger partial charge in [-0.25, -0.2) is 9.67 Å². The maximum absolute atomic E-state index is 5.73. The van der Waals surface area contributed by atoms with E-state index in [1.54, 1.807) is 6.33 Å². The lowest BCUT2D eigenvalue weighted by atomic mass is 9.99. The number of aromatic nitrogens is 3. The molecular weight excluding hydrogens is 274 g/mol. The Labute approximate surface area is 128 Å². The summed E-state index contributed by atoms with van der Waals surface area (Å²) in [5.74, 6) is 1.69.